The number of carbonyl (C=O) groups is 3. The molecule has 0 spiro atoms. The third-order valence-electron chi connectivity index (χ3n) is 6.48. The molecule has 2 aromatic rings. The molecule has 1 fully saturated rings. The van der Waals surface area contributed by atoms with Crippen LogP contribution in [-0.4, -0.2) is 54.7 Å². The van der Waals surface area contributed by atoms with Gasteiger partial charge in [-0.1, -0.05) is 51.8 Å². The Bertz CT molecular complexity index is 927. The molecule has 186 valence electrons. The van der Waals surface area contributed by atoms with Crippen molar-refractivity contribution in [1.29, 1.82) is 0 Å². The summed E-state index contributed by atoms with van der Waals surface area (Å²) in [6, 6.07) is 8.39. The first kappa shape index (κ1) is 25.9. The minimum Gasteiger partial charge on any atom is -0.451 e. The van der Waals surface area contributed by atoms with Crippen LogP contribution in [0.15, 0.2) is 34.7 Å². The van der Waals surface area contributed by atoms with E-state index in [9.17, 15) is 14.4 Å². The van der Waals surface area contributed by atoms with E-state index in [1.54, 1.807) is 12.1 Å². The van der Waals surface area contributed by atoms with Crippen LogP contribution in [0.1, 0.15) is 69.9 Å². The SMILES string of the molecule is CC(C)C[C@H](NC(=O)c1cc2ccccc2o1)C(=O)NCC(C)C(=O)CCN1CCCCCC1. The first-order chi connectivity index (χ1) is 16.3. The molecule has 0 aliphatic carbocycles. The van der Waals surface area contributed by atoms with E-state index >= 15 is 0 Å². The van der Waals surface area contributed by atoms with Crippen molar-refractivity contribution in [3.8, 4) is 0 Å². The predicted octanol–water partition coefficient (Wildman–Crippen LogP) is 4.16. The van der Waals surface area contributed by atoms with Crippen molar-refractivity contribution in [2.24, 2.45) is 11.8 Å². The van der Waals surface area contributed by atoms with Gasteiger partial charge in [-0.05, 0) is 50.4 Å². The van der Waals surface area contributed by atoms with Gasteiger partial charge in [0.2, 0.25) is 5.91 Å². The second kappa shape index (κ2) is 12.7. The summed E-state index contributed by atoms with van der Waals surface area (Å²) < 4.78 is 5.64. The molecule has 1 unspecified atom stereocenters. The van der Waals surface area contributed by atoms with Crippen LogP contribution in [0.4, 0.5) is 0 Å². The third-order valence-corrected chi connectivity index (χ3v) is 6.48. The van der Waals surface area contributed by atoms with Crippen LogP contribution in [0, 0.1) is 11.8 Å². The Balaban J connectivity index is 1.50. The quantitative estimate of drug-likeness (QED) is 0.516. The number of Topliss-reactive ketones (excluding diaryl/α,β-unsaturated/α-hetero) is 1. The number of likely N-dealkylation sites (tertiary alicyclic amines) is 1. The number of nitrogens with zero attached hydrogens (tertiary/aromatic N) is 1. The number of hydrogen-bond acceptors (Lipinski definition) is 5. The van der Waals surface area contributed by atoms with E-state index in [0.717, 1.165) is 25.0 Å². The number of amides is 2. The highest BCUT2D eigenvalue weighted by molar-refractivity contribution is 5.98. The highest BCUT2D eigenvalue weighted by Crippen LogP contribution is 2.19. The fraction of sp³-hybridized carbons (Fsp3) is 0.593. The predicted molar refractivity (Wildman–Crippen MR) is 134 cm³/mol. The van der Waals surface area contributed by atoms with Crippen LogP contribution in [-0.2, 0) is 9.59 Å². The zero-order valence-corrected chi connectivity index (χ0v) is 20.8. The minimum absolute atomic E-state index is 0.163. The van der Waals surface area contributed by atoms with Gasteiger partial charge in [0.15, 0.2) is 5.76 Å². The van der Waals surface area contributed by atoms with E-state index in [4.69, 9.17) is 4.42 Å². The summed E-state index contributed by atoms with van der Waals surface area (Å²) in [6.45, 7) is 9.06. The highest BCUT2D eigenvalue weighted by Gasteiger charge is 2.25. The molecule has 34 heavy (non-hydrogen) atoms. The minimum atomic E-state index is -0.694. The highest BCUT2D eigenvalue weighted by atomic mass is 16.3. The Morgan fingerprint density at radius 3 is 2.41 bits per heavy atom. The first-order valence-corrected chi connectivity index (χ1v) is 12.7. The molecule has 2 atom stereocenters. The molecular weight excluding hydrogens is 430 g/mol. The number of nitrogens with one attached hydrogen (secondary N) is 2. The third kappa shape index (κ3) is 7.69. The van der Waals surface area contributed by atoms with E-state index in [1.165, 1.54) is 25.7 Å². The summed E-state index contributed by atoms with van der Waals surface area (Å²) in [6.07, 6.45) is 5.96. The van der Waals surface area contributed by atoms with Crippen molar-refractivity contribution >= 4 is 28.6 Å². The smallest absolute Gasteiger partial charge is 0.287 e. The zero-order chi connectivity index (χ0) is 24.5. The Kier molecular flexibility index (Phi) is 9.69. The van der Waals surface area contributed by atoms with Gasteiger partial charge in [0.25, 0.3) is 5.91 Å². The molecule has 1 aliphatic rings. The van der Waals surface area contributed by atoms with Gasteiger partial charge in [0.1, 0.15) is 17.4 Å². The molecule has 2 N–H and O–H groups in total. The average molecular weight is 470 g/mol. The van der Waals surface area contributed by atoms with E-state index in [1.807, 2.05) is 39.0 Å². The van der Waals surface area contributed by atoms with Gasteiger partial charge >= 0.3 is 0 Å². The summed E-state index contributed by atoms with van der Waals surface area (Å²) in [5.74, 6) is -0.402. The van der Waals surface area contributed by atoms with Crippen LogP contribution in [0.3, 0.4) is 0 Å². The molecule has 1 aromatic carbocycles. The van der Waals surface area contributed by atoms with Crippen molar-refractivity contribution in [1.82, 2.24) is 15.5 Å². The lowest BCUT2D eigenvalue weighted by molar-refractivity contribution is -0.125. The molecule has 1 saturated heterocycles. The molecule has 7 nitrogen and oxygen atoms in total. The number of rotatable bonds is 11. The lowest BCUT2D eigenvalue weighted by Crippen LogP contribution is -2.48. The molecule has 1 aliphatic heterocycles. The number of para-hydroxylation sites is 1. The summed E-state index contributed by atoms with van der Waals surface area (Å²) >= 11 is 0. The van der Waals surface area contributed by atoms with E-state index in [2.05, 4.69) is 15.5 Å². The second-order valence-corrected chi connectivity index (χ2v) is 9.92. The Morgan fingerprint density at radius 2 is 1.74 bits per heavy atom. The first-order valence-electron chi connectivity index (χ1n) is 12.7. The summed E-state index contributed by atoms with van der Waals surface area (Å²) in [4.78, 5) is 40.7. The topological polar surface area (TPSA) is 91.6 Å². The monoisotopic (exact) mass is 469 g/mol. The molecule has 1 aromatic heterocycles. The molecule has 3 rings (SSSR count). The number of ketones is 1. The molecule has 0 bridgehead atoms. The van der Waals surface area contributed by atoms with Gasteiger partial charge in [-0.2, -0.15) is 0 Å². The van der Waals surface area contributed by atoms with Gasteiger partial charge < -0.3 is 20.0 Å². The van der Waals surface area contributed by atoms with Crippen molar-refractivity contribution in [3.63, 3.8) is 0 Å². The van der Waals surface area contributed by atoms with Crippen LogP contribution >= 0.6 is 0 Å². The van der Waals surface area contributed by atoms with Crippen molar-refractivity contribution < 1.29 is 18.8 Å². The lowest BCUT2D eigenvalue weighted by atomic mass is 10.0. The van der Waals surface area contributed by atoms with E-state index < -0.39 is 11.9 Å². The van der Waals surface area contributed by atoms with E-state index in [-0.39, 0.29) is 35.8 Å². The van der Waals surface area contributed by atoms with Crippen LogP contribution < -0.4 is 10.6 Å². The van der Waals surface area contributed by atoms with Gasteiger partial charge in [0, 0.05) is 30.8 Å². The van der Waals surface area contributed by atoms with Crippen LogP contribution in [0.25, 0.3) is 11.0 Å². The average Bonchev–Trinajstić information content (AvgIpc) is 3.08. The molecule has 7 heteroatoms. The second-order valence-electron chi connectivity index (χ2n) is 9.92. The fourth-order valence-corrected chi connectivity index (χ4v) is 4.39. The van der Waals surface area contributed by atoms with Gasteiger partial charge in [0.05, 0.1) is 0 Å². The molecule has 2 amide bonds. The van der Waals surface area contributed by atoms with Gasteiger partial charge in [-0.25, -0.2) is 0 Å². The number of furan rings is 1. The van der Waals surface area contributed by atoms with Crippen molar-refractivity contribution in [2.75, 3.05) is 26.2 Å². The van der Waals surface area contributed by atoms with Crippen LogP contribution in [0.2, 0.25) is 0 Å². The number of carbonyl (C=O) groups excluding carboxylic acids is 3. The fourth-order valence-electron chi connectivity index (χ4n) is 4.39. The lowest BCUT2D eigenvalue weighted by Gasteiger charge is -2.22. The summed E-state index contributed by atoms with van der Waals surface area (Å²) in [5, 5.41) is 6.54. The van der Waals surface area contributed by atoms with Crippen molar-refractivity contribution in [3.05, 3.63) is 36.1 Å². The standard InChI is InChI=1S/C27H39N3O4/c1-19(2)16-22(29-27(33)25-17-21-10-6-7-11-24(21)34-25)26(32)28-18-20(3)23(31)12-15-30-13-8-4-5-9-14-30/h6-7,10-11,17,19-20,22H,4-5,8-9,12-16,18H2,1-3H3,(H,28,32)(H,29,33)/t20?,22-/m0/s1. The maximum absolute atomic E-state index is 12.9. The van der Waals surface area contributed by atoms with Crippen LogP contribution in [0.5, 0.6) is 0 Å². The Labute approximate surface area is 202 Å². The molecule has 2 heterocycles. The zero-order valence-electron chi connectivity index (χ0n) is 20.8. The van der Waals surface area contributed by atoms with Gasteiger partial charge in [-0.3, -0.25) is 14.4 Å². The molecular formula is C27H39N3O4. The van der Waals surface area contributed by atoms with Gasteiger partial charge in [-0.15, -0.1) is 0 Å². The maximum Gasteiger partial charge on any atom is 0.287 e. The molecule has 0 saturated carbocycles. The summed E-state index contributed by atoms with van der Waals surface area (Å²) in [5.41, 5.74) is 0.630. The van der Waals surface area contributed by atoms with Crippen molar-refractivity contribution in [2.45, 2.75) is 65.3 Å². The number of hydrogen-bond donors (Lipinski definition) is 2. The largest absolute Gasteiger partial charge is 0.451 e. The molecule has 0 radical (unpaired) electrons. The van der Waals surface area contributed by atoms with E-state index in [0.29, 0.717) is 18.4 Å². The Hall–Kier alpha value is -2.67. The normalized spacial score (nSPS) is 16.7. The summed E-state index contributed by atoms with van der Waals surface area (Å²) in [7, 11) is 0. The maximum atomic E-state index is 12.9. The Morgan fingerprint density at radius 1 is 1.03 bits per heavy atom. The number of fused-ring (bicyclic) bond motifs is 1. The number of benzene rings is 1.